The van der Waals surface area contributed by atoms with E-state index in [-0.39, 0.29) is 11.9 Å². The van der Waals surface area contributed by atoms with Crippen molar-refractivity contribution in [2.75, 3.05) is 20.8 Å². The molecule has 1 aliphatic heterocycles. The first-order valence-electron chi connectivity index (χ1n) is 12.5. The topological polar surface area (TPSA) is 56.6 Å². The van der Waals surface area contributed by atoms with Crippen LogP contribution in [0.25, 0.3) is 11.8 Å². The number of carbonyl (C=O) groups excluding carboxylic acids is 1. The Morgan fingerprint density at radius 1 is 1.09 bits per heavy atom. The van der Waals surface area contributed by atoms with Crippen molar-refractivity contribution in [3.05, 3.63) is 76.9 Å². The van der Waals surface area contributed by atoms with Gasteiger partial charge in [-0.05, 0) is 85.6 Å². The lowest BCUT2D eigenvalue weighted by atomic mass is 9.85. The zero-order valence-corrected chi connectivity index (χ0v) is 20.8. The van der Waals surface area contributed by atoms with Crippen LogP contribution in [0, 0.1) is 0 Å². The summed E-state index contributed by atoms with van der Waals surface area (Å²) in [6.07, 6.45) is 11.7. The molecule has 0 bridgehead atoms. The number of hydrogen-bond donors (Lipinski definition) is 0. The first kappa shape index (κ1) is 23.2. The normalized spacial score (nSPS) is 19.1. The van der Waals surface area contributed by atoms with E-state index in [1.165, 1.54) is 11.1 Å². The van der Waals surface area contributed by atoms with Gasteiger partial charge in [0, 0.05) is 18.3 Å². The van der Waals surface area contributed by atoms with Crippen molar-refractivity contribution >= 4 is 12.0 Å². The third kappa shape index (κ3) is 4.57. The third-order valence-corrected chi connectivity index (χ3v) is 7.21. The lowest BCUT2D eigenvalue weighted by Gasteiger charge is -2.39. The minimum absolute atomic E-state index is 0.107. The average molecular weight is 472 g/mol. The molecule has 0 radical (unpaired) electrons. The number of benzene rings is 2. The van der Waals surface area contributed by atoms with E-state index in [1.54, 1.807) is 14.2 Å². The van der Waals surface area contributed by atoms with E-state index in [2.05, 4.69) is 28.9 Å². The highest BCUT2D eigenvalue weighted by atomic mass is 16.5. The van der Waals surface area contributed by atoms with Crippen LogP contribution in [0.4, 0.5) is 0 Å². The molecule has 1 aliphatic carbocycles. The Hall–Kier alpha value is -3.54. The van der Waals surface area contributed by atoms with Gasteiger partial charge in [-0.3, -0.25) is 4.79 Å². The number of rotatable bonds is 6. The summed E-state index contributed by atoms with van der Waals surface area (Å²) in [4.78, 5) is 20.2. The van der Waals surface area contributed by atoms with Gasteiger partial charge in [0.2, 0.25) is 5.91 Å². The maximum atomic E-state index is 13.7. The Labute approximate surface area is 207 Å². The molecular formula is C29H33N3O3. The van der Waals surface area contributed by atoms with Crippen LogP contribution in [-0.2, 0) is 17.6 Å². The molecule has 6 heteroatoms. The fourth-order valence-electron chi connectivity index (χ4n) is 5.34. The van der Waals surface area contributed by atoms with Gasteiger partial charge in [-0.2, -0.15) is 0 Å². The summed E-state index contributed by atoms with van der Waals surface area (Å²) in [6.45, 7) is 2.88. The Morgan fingerprint density at radius 2 is 1.97 bits per heavy atom. The van der Waals surface area contributed by atoms with Crippen LogP contribution in [0.1, 0.15) is 61.0 Å². The summed E-state index contributed by atoms with van der Waals surface area (Å²) >= 11 is 0. The predicted molar refractivity (Wildman–Crippen MR) is 137 cm³/mol. The number of ether oxygens (including phenoxy) is 2. The summed E-state index contributed by atoms with van der Waals surface area (Å²) in [5, 5.41) is 0. The van der Waals surface area contributed by atoms with Gasteiger partial charge in [-0.1, -0.05) is 19.1 Å². The summed E-state index contributed by atoms with van der Waals surface area (Å²) < 4.78 is 13.2. The first-order chi connectivity index (χ1) is 17.1. The third-order valence-electron chi connectivity index (χ3n) is 7.21. The largest absolute Gasteiger partial charge is 0.497 e. The van der Waals surface area contributed by atoms with Crippen LogP contribution in [0.5, 0.6) is 11.5 Å². The number of carbonyl (C=O) groups is 1. The van der Waals surface area contributed by atoms with Crippen molar-refractivity contribution in [2.24, 2.45) is 0 Å². The average Bonchev–Trinajstić information content (AvgIpc) is 3.38. The van der Waals surface area contributed by atoms with Crippen molar-refractivity contribution in [2.45, 2.75) is 51.5 Å². The molecule has 1 amide bonds. The van der Waals surface area contributed by atoms with Crippen LogP contribution < -0.4 is 9.47 Å². The molecule has 2 heterocycles. The molecule has 1 saturated heterocycles. The molecule has 0 saturated carbocycles. The maximum absolute atomic E-state index is 13.7. The minimum Gasteiger partial charge on any atom is -0.497 e. The Bertz CT molecular complexity index is 1260. The molecule has 2 aliphatic rings. The van der Waals surface area contributed by atoms with Gasteiger partial charge in [0.1, 0.15) is 11.5 Å². The molecule has 1 unspecified atom stereocenters. The summed E-state index contributed by atoms with van der Waals surface area (Å²) in [7, 11) is 3.37. The monoisotopic (exact) mass is 471 g/mol. The number of nitrogens with zero attached hydrogens (tertiary/aromatic N) is 3. The molecule has 3 aromatic rings. The number of fused-ring (bicyclic) bond motifs is 1. The number of amides is 1. The quantitative estimate of drug-likeness (QED) is 0.443. The van der Waals surface area contributed by atoms with Gasteiger partial charge in [0.25, 0.3) is 0 Å². The van der Waals surface area contributed by atoms with E-state index in [0.29, 0.717) is 0 Å². The summed E-state index contributed by atoms with van der Waals surface area (Å²) in [5.74, 6) is 1.75. The van der Waals surface area contributed by atoms with E-state index in [9.17, 15) is 4.79 Å². The molecule has 1 fully saturated rings. The number of aryl methyl sites for hydroxylation is 2. The second-order valence-corrected chi connectivity index (χ2v) is 9.30. The van der Waals surface area contributed by atoms with Crippen molar-refractivity contribution < 1.29 is 14.3 Å². The fourth-order valence-corrected chi connectivity index (χ4v) is 5.34. The van der Waals surface area contributed by atoms with Crippen LogP contribution in [-0.4, -0.2) is 41.1 Å². The zero-order valence-electron chi connectivity index (χ0n) is 20.8. The number of imidazole rings is 1. The van der Waals surface area contributed by atoms with Gasteiger partial charge < -0.3 is 18.9 Å². The van der Waals surface area contributed by atoms with Crippen molar-refractivity contribution in [1.82, 2.24) is 14.5 Å². The smallest absolute Gasteiger partial charge is 0.250 e. The number of likely N-dealkylation sites (tertiary alicyclic amines) is 1. The number of methoxy groups -OCH3 is 2. The highest BCUT2D eigenvalue weighted by Crippen LogP contribution is 2.39. The standard InChI is InChI=1S/C29H33N3O3/c1-4-23-18-31(19-30-23)27-13-10-20(16-28(27)35-3)15-22-8-6-14-32(29(22)33)26-9-5-7-21-11-12-24(34-2)17-25(21)26/h10-13,15-19,26H,4-9,14H2,1-3H3/b22-15+. The van der Waals surface area contributed by atoms with Gasteiger partial charge in [-0.25, -0.2) is 4.98 Å². The second-order valence-electron chi connectivity index (χ2n) is 9.30. The molecule has 0 N–H and O–H groups in total. The van der Waals surface area contributed by atoms with Gasteiger partial charge >= 0.3 is 0 Å². The van der Waals surface area contributed by atoms with Gasteiger partial charge in [-0.15, -0.1) is 0 Å². The van der Waals surface area contributed by atoms with Crippen LogP contribution in [0.2, 0.25) is 0 Å². The Kier molecular flexibility index (Phi) is 6.62. The van der Waals surface area contributed by atoms with Crippen molar-refractivity contribution in [1.29, 1.82) is 0 Å². The van der Waals surface area contributed by atoms with E-state index >= 15 is 0 Å². The minimum atomic E-state index is 0.107. The number of hydrogen-bond acceptors (Lipinski definition) is 4. The van der Waals surface area contributed by atoms with Crippen LogP contribution in [0.15, 0.2) is 54.5 Å². The zero-order chi connectivity index (χ0) is 24.4. The van der Waals surface area contributed by atoms with Gasteiger partial charge in [0.05, 0.1) is 38.0 Å². The molecule has 0 spiro atoms. The molecule has 2 aromatic carbocycles. The Balaban J connectivity index is 1.42. The van der Waals surface area contributed by atoms with Crippen molar-refractivity contribution in [3.63, 3.8) is 0 Å². The predicted octanol–water partition coefficient (Wildman–Crippen LogP) is 5.54. The van der Waals surface area contributed by atoms with E-state index in [0.717, 1.165) is 79.1 Å². The van der Waals surface area contributed by atoms with E-state index in [1.807, 2.05) is 47.4 Å². The maximum Gasteiger partial charge on any atom is 0.250 e. The van der Waals surface area contributed by atoms with Gasteiger partial charge in [0.15, 0.2) is 0 Å². The lowest BCUT2D eigenvalue weighted by molar-refractivity contribution is -0.131. The highest BCUT2D eigenvalue weighted by molar-refractivity contribution is 5.99. The van der Waals surface area contributed by atoms with Crippen LogP contribution in [0.3, 0.4) is 0 Å². The fraction of sp³-hybridized carbons (Fsp3) is 0.379. The van der Waals surface area contributed by atoms with Crippen molar-refractivity contribution in [3.8, 4) is 17.2 Å². The molecule has 6 nitrogen and oxygen atoms in total. The molecule has 35 heavy (non-hydrogen) atoms. The number of aromatic nitrogens is 2. The first-order valence-corrected chi connectivity index (χ1v) is 12.5. The van der Waals surface area contributed by atoms with E-state index < -0.39 is 0 Å². The highest BCUT2D eigenvalue weighted by Gasteiger charge is 2.33. The van der Waals surface area contributed by atoms with Crippen LogP contribution >= 0.6 is 0 Å². The summed E-state index contributed by atoms with van der Waals surface area (Å²) in [6, 6.07) is 12.5. The molecule has 1 aromatic heterocycles. The molecule has 5 rings (SSSR count). The molecular weight excluding hydrogens is 438 g/mol. The van der Waals surface area contributed by atoms with E-state index in [4.69, 9.17) is 9.47 Å². The Morgan fingerprint density at radius 3 is 2.74 bits per heavy atom. The summed E-state index contributed by atoms with van der Waals surface area (Å²) in [5.41, 5.74) is 6.37. The lowest BCUT2D eigenvalue weighted by Crippen LogP contribution is -2.41. The molecule has 182 valence electrons. The SMILES string of the molecule is CCc1cn(-c2ccc(/C=C3\CCCN(C4CCCc5ccc(OC)cc54)C3=O)cc2OC)cn1. The number of piperidine rings is 1. The second kappa shape index (κ2) is 9.98. The molecule has 1 atom stereocenters.